The van der Waals surface area contributed by atoms with Gasteiger partial charge in [-0.2, -0.15) is 10.1 Å². The zero-order chi connectivity index (χ0) is 22.2. The van der Waals surface area contributed by atoms with Crippen LogP contribution in [-0.4, -0.2) is 29.9 Å². The van der Waals surface area contributed by atoms with Crippen LogP contribution in [0.25, 0.3) is 28.1 Å². The van der Waals surface area contributed by atoms with Gasteiger partial charge in [-0.05, 0) is 25.1 Å². The molecule has 32 heavy (non-hydrogen) atoms. The maximum absolute atomic E-state index is 13.9. The van der Waals surface area contributed by atoms with E-state index in [-0.39, 0.29) is 27.6 Å². The first-order valence-electron chi connectivity index (χ1n) is 9.43. The second-order valence-corrected chi connectivity index (χ2v) is 7.88. The maximum Gasteiger partial charge on any atom is 0.269 e. The number of nitrogens with zero attached hydrogens (tertiary/aromatic N) is 5. The van der Waals surface area contributed by atoms with E-state index in [4.69, 9.17) is 4.52 Å². The second-order valence-electron chi connectivity index (χ2n) is 6.94. The molecule has 0 atom stereocenters. The Bertz CT molecular complexity index is 1510. The maximum atomic E-state index is 13.9. The minimum Gasteiger partial charge on any atom is -0.338 e. The normalized spacial score (nSPS) is 11.3. The number of hydrogen-bond donors (Lipinski definition) is 1. The van der Waals surface area contributed by atoms with Crippen LogP contribution in [0.15, 0.2) is 63.1 Å². The highest BCUT2D eigenvalue weighted by Gasteiger charge is 2.18. The van der Waals surface area contributed by atoms with E-state index in [1.807, 2.05) is 31.2 Å². The lowest BCUT2D eigenvalue weighted by molar-refractivity contribution is 0.391. The first kappa shape index (κ1) is 20.1. The Kier molecular flexibility index (Phi) is 5.02. The molecule has 0 saturated heterocycles. The van der Waals surface area contributed by atoms with Gasteiger partial charge in [-0.1, -0.05) is 40.7 Å². The Hall–Kier alpha value is -3.86. The number of aromatic amines is 1. The molecule has 0 fully saturated rings. The van der Waals surface area contributed by atoms with Crippen molar-refractivity contribution in [2.75, 3.05) is 0 Å². The van der Waals surface area contributed by atoms with Crippen LogP contribution in [0.3, 0.4) is 0 Å². The molecule has 0 spiro atoms. The van der Waals surface area contributed by atoms with Crippen LogP contribution in [-0.2, 0) is 5.75 Å². The number of rotatable bonds is 5. The lowest BCUT2D eigenvalue weighted by Gasteiger charge is -2.11. The monoisotopic (exact) mass is 452 g/mol. The summed E-state index contributed by atoms with van der Waals surface area (Å²) in [5.74, 6) is -1.11. The summed E-state index contributed by atoms with van der Waals surface area (Å²) in [6, 6.07) is 10.9. The van der Waals surface area contributed by atoms with E-state index < -0.39 is 17.2 Å². The fraction of sp³-hybridized carbons (Fsp3) is 0.0952. The van der Waals surface area contributed by atoms with Gasteiger partial charge in [0.15, 0.2) is 22.4 Å². The number of aromatic nitrogens is 6. The first-order valence-corrected chi connectivity index (χ1v) is 10.4. The molecule has 2 aromatic carbocycles. The van der Waals surface area contributed by atoms with Crippen LogP contribution < -0.4 is 5.56 Å². The number of thioether (sulfide) groups is 1. The average molecular weight is 452 g/mol. The predicted molar refractivity (Wildman–Crippen MR) is 113 cm³/mol. The van der Waals surface area contributed by atoms with Gasteiger partial charge in [0.05, 0.1) is 17.6 Å². The average Bonchev–Trinajstić information content (AvgIpc) is 3.44. The van der Waals surface area contributed by atoms with Gasteiger partial charge in [-0.15, -0.1) is 0 Å². The van der Waals surface area contributed by atoms with E-state index in [0.717, 1.165) is 35.0 Å². The summed E-state index contributed by atoms with van der Waals surface area (Å²) in [4.78, 5) is 21.8. The van der Waals surface area contributed by atoms with Gasteiger partial charge in [-0.25, -0.2) is 13.8 Å². The predicted octanol–water partition coefficient (Wildman–Crippen LogP) is 4.04. The molecule has 0 bridgehead atoms. The molecule has 3 heterocycles. The van der Waals surface area contributed by atoms with Crippen LogP contribution in [0.1, 0.15) is 11.5 Å². The van der Waals surface area contributed by atoms with Crippen molar-refractivity contribution in [2.45, 2.75) is 17.8 Å². The summed E-state index contributed by atoms with van der Waals surface area (Å²) < 4.78 is 33.8. The molecule has 8 nitrogen and oxygen atoms in total. The summed E-state index contributed by atoms with van der Waals surface area (Å²) in [5, 5.41) is 11.0. The fourth-order valence-corrected chi connectivity index (χ4v) is 4.01. The zero-order valence-electron chi connectivity index (χ0n) is 16.5. The van der Waals surface area contributed by atoms with Crippen molar-refractivity contribution in [1.29, 1.82) is 0 Å². The number of aryl methyl sites for hydroxylation is 1. The van der Waals surface area contributed by atoms with Crippen molar-refractivity contribution in [3.8, 4) is 17.1 Å². The van der Waals surface area contributed by atoms with E-state index in [9.17, 15) is 13.6 Å². The van der Waals surface area contributed by atoms with Crippen molar-refractivity contribution < 1.29 is 13.3 Å². The molecule has 0 radical (unpaired) electrons. The Morgan fingerprint density at radius 2 is 2.00 bits per heavy atom. The topological polar surface area (TPSA) is 102 Å². The minimum absolute atomic E-state index is 0.137. The third-order valence-corrected chi connectivity index (χ3v) is 5.61. The summed E-state index contributed by atoms with van der Waals surface area (Å²) in [5.41, 5.74) is 1.83. The van der Waals surface area contributed by atoms with Gasteiger partial charge in [0.25, 0.3) is 5.56 Å². The highest BCUT2D eigenvalue weighted by Crippen LogP contribution is 2.25. The molecular weight excluding hydrogens is 438 g/mol. The van der Waals surface area contributed by atoms with E-state index in [1.165, 1.54) is 16.8 Å². The van der Waals surface area contributed by atoms with Gasteiger partial charge in [0.2, 0.25) is 11.7 Å². The SMILES string of the molecule is Cc1cccc(-c2noc(CSc3nc4[nH]ncc4c(=O)n3-c3ccc(F)c(F)c3)n2)c1. The number of halogens is 2. The summed E-state index contributed by atoms with van der Waals surface area (Å²) in [7, 11) is 0. The molecule has 0 saturated carbocycles. The van der Waals surface area contributed by atoms with Crippen molar-refractivity contribution >= 4 is 22.8 Å². The highest BCUT2D eigenvalue weighted by atomic mass is 32.2. The highest BCUT2D eigenvalue weighted by molar-refractivity contribution is 7.98. The van der Waals surface area contributed by atoms with Gasteiger partial charge in [0.1, 0.15) is 5.39 Å². The fourth-order valence-electron chi connectivity index (χ4n) is 3.16. The third-order valence-electron chi connectivity index (χ3n) is 4.68. The van der Waals surface area contributed by atoms with Gasteiger partial charge >= 0.3 is 0 Å². The number of benzene rings is 2. The standard InChI is InChI=1S/C21H14F2N6O2S/c1-11-3-2-4-12(7-11)18-25-17(31-28-18)10-32-21-26-19-14(9-24-27-19)20(30)29(21)13-5-6-15(22)16(23)8-13/h2-9H,10H2,1H3,(H,24,27). The van der Waals surface area contributed by atoms with Crippen LogP contribution >= 0.6 is 11.8 Å². The van der Waals surface area contributed by atoms with Gasteiger partial charge in [-0.3, -0.25) is 14.5 Å². The van der Waals surface area contributed by atoms with Crippen LogP contribution in [0.5, 0.6) is 0 Å². The zero-order valence-corrected chi connectivity index (χ0v) is 17.4. The molecule has 0 aliphatic rings. The molecule has 160 valence electrons. The Balaban J connectivity index is 1.50. The van der Waals surface area contributed by atoms with Crippen LogP contribution in [0.2, 0.25) is 0 Å². The van der Waals surface area contributed by atoms with E-state index in [1.54, 1.807) is 0 Å². The number of hydrogen-bond acceptors (Lipinski definition) is 7. The van der Waals surface area contributed by atoms with E-state index >= 15 is 0 Å². The molecule has 1 N–H and O–H groups in total. The Morgan fingerprint density at radius 1 is 1.12 bits per heavy atom. The van der Waals surface area contributed by atoms with Crippen molar-refractivity contribution in [3.05, 3.63) is 82.1 Å². The Labute approximate surface area is 183 Å². The largest absolute Gasteiger partial charge is 0.338 e. The second kappa shape index (κ2) is 8.00. The molecule has 11 heteroatoms. The number of fused-ring (bicyclic) bond motifs is 1. The lowest BCUT2D eigenvalue weighted by atomic mass is 10.1. The quantitative estimate of drug-likeness (QED) is 0.317. The van der Waals surface area contributed by atoms with Crippen LogP contribution in [0.4, 0.5) is 8.78 Å². The van der Waals surface area contributed by atoms with E-state index in [0.29, 0.717) is 11.7 Å². The smallest absolute Gasteiger partial charge is 0.269 e. The minimum atomic E-state index is -1.07. The van der Waals surface area contributed by atoms with Crippen molar-refractivity contribution in [1.82, 2.24) is 29.9 Å². The van der Waals surface area contributed by atoms with Gasteiger partial charge in [0, 0.05) is 11.6 Å². The Morgan fingerprint density at radius 3 is 2.81 bits per heavy atom. The molecule has 0 aliphatic heterocycles. The molecule has 3 aromatic heterocycles. The molecule has 5 rings (SSSR count). The molecular formula is C21H14F2N6O2S. The lowest BCUT2D eigenvalue weighted by Crippen LogP contribution is -2.21. The van der Waals surface area contributed by atoms with Crippen molar-refractivity contribution in [3.63, 3.8) is 0 Å². The summed E-state index contributed by atoms with van der Waals surface area (Å²) >= 11 is 1.14. The van der Waals surface area contributed by atoms with Gasteiger partial charge < -0.3 is 4.52 Å². The van der Waals surface area contributed by atoms with Crippen LogP contribution in [0, 0.1) is 18.6 Å². The summed E-state index contributed by atoms with van der Waals surface area (Å²) in [6.45, 7) is 1.97. The summed E-state index contributed by atoms with van der Waals surface area (Å²) in [6.07, 6.45) is 1.33. The third kappa shape index (κ3) is 3.66. The molecule has 0 unspecified atom stereocenters. The number of H-pyrrole nitrogens is 1. The van der Waals surface area contributed by atoms with Crippen molar-refractivity contribution in [2.24, 2.45) is 0 Å². The molecule has 5 aromatic rings. The number of nitrogens with one attached hydrogen (secondary N) is 1. The molecule has 0 aliphatic carbocycles. The molecule has 0 amide bonds. The first-order chi connectivity index (χ1) is 15.5. The van der Waals surface area contributed by atoms with E-state index in [2.05, 4.69) is 25.3 Å².